The summed E-state index contributed by atoms with van der Waals surface area (Å²) in [5.74, 6) is -2.39. The van der Waals surface area contributed by atoms with E-state index in [-0.39, 0.29) is 59.7 Å². The first-order valence-corrected chi connectivity index (χ1v) is 14.3. The predicted molar refractivity (Wildman–Crippen MR) is 146 cm³/mol. The Morgan fingerprint density at radius 3 is 2.67 bits per heavy atom. The molecule has 226 valence electrons. The van der Waals surface area contributed by atoms with Crippen molar-refractivity contribution in [3.8, 4) is 11.6 Å². The fraction of sp³-hybridized carbons (Fsp3) is 0.385. The highest BCUT2D eigenvalue weighted by molar-refractivity contribution is 7.89. The van der Waals surface area contributed by atoms with Crippen molar-refractivity contribution in [2.24, 2.45) is 5.10 Å². The summed E-state index contributed by atoms with van der Waals surface area (Å²) >= 11 is 0. The Bertz CT molecular complexity index is 1580. The molecule has 2 aromatic rings. The predicted octanol–water partition coefficient (Wildman–Crippen LogP) is 2.82. The molecule has 42 heavy (non-hydrogen) atoms. The number of rotatable bonds is 10. The first-order valence-electron chi connectivity index (χ1n) is 12.8. The molecule has 12 nitrogen and oxygen atoms in total. The topological polar surface area (TPSA) is 142 Å². The maximum atomic E-state index is 14.6. The molecule has 2 aromatic heterocycles. The van der Waals surface area contributed by atoms with Gasteiger partial charge in [0.05, 0.1) is 49.1 Å². The van der Waals surface area contributed by atoms with Crippen LogP contribution in [-0.2, 0) is 10.0 Å². The van der Waals surface area contributed by atoms with Crippen LogP contribution in [0.1, 0.15) is 24.7 Å². The van der Waals surface area contributed by atoms with Crippen LogP contribution in [0.5, 0.6) is 5.75 Å². The van der Waals surface area contributed by atoms with E-state index in [4.69, 9.17) is 9.84 Å². The number of hydrogen-bond donors (Lipinski definition) is 2. The number of amides is 2. The Morgan fingerprint density at radius 2 is 2.00 bits per heavy atom. The number of pyridine rings is 1. The van der Waals surface area contributed by atoms with Crippen molar-refractivity contribution in [1.29, 1.82) is 0 Å². The zero-order chi connectivity index (χ0) is 30.8. The van der Waals surface area contributed by atoms with Crippen molar-refractivity contribution in [3.05, 3.63) is 65.4 Å². The van der Waals surface area contributed by atoms with Crippen LogP contribution in [0, 0.1) is 19.7 Å². The molecule has 2 aliphatic heterocycles. The lowest BCUT2D eigenvalue weighted by atomic mass is 10.1. The number of nitrogens with zero attached hydrogens (tertiary/aromatic N) is 6. The molecule has 16 heteroatoms. The number of sulfonamides is 1. The van der Waals surface area contributed by atoms with Gasteiger partial charge in [-0.05, 0) is 32.4 Å². The highest BCUT2D eigenvalue weighted by Crippen LogP contribution is 2.28. The van der Waals surface area contributed by atoms with Crippen molar-refractivity contribution in [2.45, 2.75) is 44.2 Å². The van der Waals surface area contributed by atoms with E-state index in [0.717, 1.165) is 24.2 Å². The van der Waals surface area contributed by atoms with Gasteiger partial charge in [0.1, 0.15) is 16.8 Å². The van der Waals surface area contributed by atoms with Gasteiger partial charge >= 0.3 is 6.03 Å². The Kier molecular flexibility index (Phi) is 9.18. The number of aliphatic hydroxyl groups is 1. The van der Waals surface area contributed by atoms with E-state index in [0.29, 0.717) is 12.5 Å². The lowest BCUT2D eigenvalue weighted by Crippen LogP contribution is -2.59. The molecule has 0 spiro atoms. The number of aromatic nitrogens is 3. The Hall–Kier alpha value is -4.02. The molecule has 2 N–H and O–H groups in total. The molecule has 0 saturated carbocycles. The van der Waals surface area contributed by atoms with Gasteiger partial charge in [-0.25, -0.2) is 45.8 Å². The van der Waals surface area contributed by atoms with Crippen LogP contribution in [0.25, 0.3) is 5.82 Å². The van der Waals surface area contributed by atoms with Gasteiger partial charge in [0.25, 0.3) is 0 Å². The molecule has 1 saturated heterocycles. The average molecular weight is 610 g/mol. The highest BCUT2D eigenvalue weighted by Gasteiger charge is 2.39. The third-order valence-corrected chi connectivity index (χ3v) is 8.16. The molecular formula is C26H30F3N7O5S. The van der Waals surface area contributed by atoms with E-state index in [1.807, 2.05) is 0 Å². The summed E-state index contributed by atoms with van der Waals surface area (Å²) < 4.78 is 76.1. The quantitative estimate of drug-likeness (QED) is 0.395. The fourth-order valence-electron chi connectivity index (χ4n) is 4.51. The molecule has 2 amide bonds. The van der Waals surface area contributed by atoms with Crippen LogP contribution in [0.4, 0.5) is 18.0 Å². The van der Waals surface area contributed by atoms with E-state index >= 15 is 0 Å². The number of ether oxygens (including phenoxy) is 1. The summed E-state index contributed by atoms with van der Waals surface area (Å²) in [6.45, 7) is 7.56. The van der Waals surface area contributed by atoms with Crippen LogP contribution in [-0.4, -0.2) is 88.8 Å². The van der Waals surface area contributed by atoms with Crippen LogP contribution in [0.2, 0.25) is 0 Å². The van der Waals surface area contributed by atoms with Crippen molar-refractivity contribution >= 4 is 22.3 Å². The van der Waals surface area contributed by atoms with Crippen molar-refractivity contribution in [3.63, 3.8) is 0 Å². The van der Waals surface area contributed by atoms with Gasteiger partial charge < -0.3 is 14.7 Å². The molecule has 4 heterocycles. The van der Waals surface area contributed by atoms with E-state index in [9.17, 15) is 26.4 Å². The van der Waals surface area contributed by atoms with Crippen LogP contribution in [0.15, 0.2) is 58.2 Å². The van der Waals surface area contributed by atoms with Gasteiger partial charge in [-0.1, -0.05) is 6.58 Å². The number of likely N-dealkylation sites (tertiary alicyclic amines) is 1. The zero-order valence-corrected chi connectivity index (χ0v) is 23.9. The molecule has 0 aliphatic carbocycles. The molecule has 0 unspecified atom stereocenters. The standard InChI is InChI=1S/C26H30F3N7O5S/c1-15(9-19(28)10-16(2)27)22-5-6-31-36(22)26(38)34-13-20(14-34)41-23-11-24(30-12-21(23)29)35-18(4)25(17(3)33-35)42(39,40)32-7-8-37/h6,9-12,20,22,32,37H,1,5,7-8,13-14H2,2-4H3/b16-10+,19-9+/t22-/m0/s1. The van der Waals surface area contributed by atoms with E-state index < -0.39 is 45.7 Å². The number of urea groups is 1. The molecule has 1 atom stereocenters. The SMILES string of the molecule is C=C(/C=C(F)\C=C(/C)F)[C@@H]1CC=NN1C(=O)N1CC(Oc2cc(-n3nc(C)c(S(=O)(=O)NCCO)c3C)ncc2F)C1. The molecule has 0 bridgehead atoms. The lowest BCUT2D eigenvalue weighted by Gasteiger charge is -2.41. The summed E-state index contributed by atoms with van der Waals surface area (Å²) in [6.07, 6.45) is 3.90. The van der Waals surface area contributed by atoms with E-state index in [2.05, 4.69) is 26.5 Å². The van der Waals surface area contributed by atoms with Crippen LogP contribution < -0.4 is 9.46 Å². The number of aryl methyl sites for hydroxylation is 1. The smallest absolute Gasteiger partial charge is 0.341 e. The minimum atomic E-state index is -3.97. The molecule has 0 aromatic carbocycles. The van der Waals surface area contributed by atoms with Gasteiger partial charge in [-0.3, -0.25) is 0 Å². The second-order valence-electron chi connectivity index (χ2n) is 9.66. The number of carbonyl (C=O) groups excluding carboxylic acids is 1. The van der Waals surface area contributed by atoms with Gasteiger partial charge in [0.15, 0.2) is 17.4 Å². The Balaban J connectivity index is 1.43. The Morgan fingerprint density at radius 1 is 1.29 bits per heavy atom. The number of aliphatic hydroxyl groups excluding tert-OH is 1. The number of halogens is 3. The molecule has 0 radical (unpaired) electrons. The number of carbonyl (C=O) groups is 1. The monoisotopic (exact) mass is 609 g/mol. The molecular weight excluding hydrogens is 579 g/mol. The lowest BCUT2D eigenvalue weighted by molar-refractivity contribution is 0.0273. The number of nitrogens with one attached hydrogen (secondary N) is 1. The number of hydrazone groups is 1. The maximum Gasteiger partial charge on any atom is 0.341 e. The largest absolute Gasteiger partial charge is 0.483 e. The minimum Gasteiger partial charge on any atom is -0.483 e. The van der Waals surface area contributed by atoms with E-state index in [1.165, 1.54) is 35.7 Å². The maximum absolute atomic E-state index is 14.6. The average Bonchev–Trinajstić information content (AvgIpc) is 3.49. The first-order chi connectivity index (χ1) is 19.8. The second kappa shape index (κ2) is 12.5. The van der Waals surface area contributed by atoms with Crippen molar-refractivity contribution < 1.29 is 36.2 Å². The number of hydrogen-bond acceptors (Lipinski definition) is 8. The van der Waals surface area contributed by atoms with Gasteiger partial charge in [-0.15, -0.1) is 0 Å². The minimum absolute atomic E-state index is 0.0875. The summed E-state index contributed by atoms with van der Waals surface area (Å²) in [5, 5.41) is 18.4. The summed E-state index contributed by atoms with van der Waals surface area (Å²) in [4.78, 5) is 18.4. The third kappa shape index (κ3) is 6.55. The summed E-state index contributed by atoms with van der Waals surface area (Å²) in [7, 11) is -3.97. The Labute approximate surface area is 240 Å². The van der Waals surface area contributed by atoms with Crippen LogP contribution >= 0.6 is 0 Å². The first kappa shape index (κ1) is 30.9. The van der Waals surface area contributed by atoms with Crippen molar-refractivity contribution in [1.82, 2.24) is 29.4 Å². The molecule has 4 rings (SSSR count). The fourth-order valence-corrected chi connectivity index (χ4v) is 5.92. The molecule has 2 aliphatic rings. The van der Waals surface area contributed by atoms with Crippen LogP contribution in [0.3, 0.4) is 0 Å². The number of allylic oxidation sites excluding steroid dienone is 3. The van der Waals surface area contributed by atoms with Crippen molar-refractivity contribution in [2.75, 3.05) is 26.2 Å². The normalized spacial score (nSPS) is 18.0. The van der Waals surface area contributed by atoms with Gasteiger partial charge in [0, 0.05) is 31.3 Å². The second-order valence-corrected chi connectivity index (χ2v) is 11.4. The van der Waals surface area contributed by atoms with E-state index in [1.54, 1.807) is 0 Å². The zero-order valence-electron chi connectivity index (χ0n) is 23.1. The van der Waals surface area contributed by atoms with Gasteiger partial charge in [0.2, 0.25) is 10.0 Å². The summed E-state index contributed by atoms with van der Waals surface area (Å²) in [5.41, 5.74) is 0.633. The highest BCUT2D eigenvalue weighted by atomic mass is 32.2. The molecule has 1 fully saturated rings. The van der Waals surface area contributed by atoms with Gasteiger partial charge in [-0.2, -0.15) is 10.2 Å². The summed E-state index contributed by atoms with van der Waals surface area (Å²) in [6, 6.07) is 0.142. The third-order valence-electron chi connectivity index (χ3n) is 6.45.